The lowest BCUT2D eigenvalue weighted by Gasteiger charge is -2.11. The van der Waals surface area contributed by atoms with Crippen LogP contribution in [0.25, 0.3) is 10.1 Å². The van der Waals surface area contributed by atoms with Gasteiger partial charge in [0.1, 0.15) is 0 Å². The maximum absolute atomic E-state index is 12.3. The van der Waals surface area contributed by atoms with Crippen LogP contribution in [0, 0.1) is 6.92 Å². The van der Waals surface area contributed by atoms with E-state index in [9.17, 15) is 9.59 Å². The van der Waals surface area contributed by atoms with E-state index < -0.39 is 0 Å². The molecule has 1 unspecified atom stereocenters. The Kier molecular flexibility index (Phi) is 3.75. The summed E-state index contributed by atoms with van der Waals surface area (Å²) in [5, 5.41) is 3.47. The minimum Gasteiger partial charge on any atom is -0.350 e. The van der Waals surface area contributed by atoms with Crippen LogP contribution >= 0.6 is 11.3 Å². The van der Waals surface area contributed by atoms with E-state index in [4.69, 9.17) is 0 Å². The number of aromatic nitrogens is 1. The van der Waals surface area contributed by atoms with Crippen LogP contribution in [0.2, 0.25) is 0 Å². The maximum Gasteiger partial charge on any atom is 0.259 e. The van der Waals surface area contributed by atoms with E-state index in [1.165, 1.54) is 15.9 Å². The molecule has 0 aromatic carbocycles. The number of hydrogen-bond acceptors (Lipinski definition) is 3. The zero-order valence-corrected chi connectivity index (χ0v) is 12.4. The molecule has 0 bridgehead atoms. The molecule has 1 N–H and O–H groups in total. The Labute approximate surface area is 116 Å². The van der Waals surface area contributed by atoms with Crippen molar-refractivity contribution in [1.29, 1.82) is 0 Å². The van der Waals surface area contributed by atoms with Crippen molar-refractivity contribution in [3.05, 3.63) is 33.1 Å². The third-order valence-corrected chi connectivity index (χ3v) is 4.38. The largest absolute Gasteiger partial charge is 0.350 e. The number of carbonyl (C=O) groups excluding carboxylic acids is 1. The SMILES string of the molecule is CCC(C)NC(=O)c1c(C)sc2ccn(C)c(=O)c12. The summed E-state index contributed by atoms with van der Waals surface area (Å²) in [6, 6.07) is 1.99. The van der Waals surface area contributed by atoms with E-state index in [0.29, 0.717) is 10.9 Å². The van der Waals surface area contributed by atoms with Crippen LogP contribution in [0.15, 0.2) is 17.1 Å². The highest BCUT2D eigenvalue weighted by Gasteiger charge is 2.20. The second-order valence-corrected chi connectivity index (χ2v) is 6.04. The molecule has 0 saturated heterocycles. The van der Waals surface area contributed by atoms with Gasteiger partial charge in [0, 0.05) is 28.9 Å². The molecule has 0 aliphatic carbocycles. The van der Waals surface area contributed by atoms with Gasteiger partial charge in [-0.15, -0.1) is 11.3 Å². The number of hydrogen-bond donors (Lipinski definition) is 1. The summed E-state index contributed by atoms with van der Waals surface area (Å²) in [5.74, 6) is -0.151. The second kappa shape index (κ2) is 5.17. The van der Waals surface area contributed by atoms with E-state index in [2.05, 4.69) is 5.32 Å². The summed E-state index contributed by atoms with van der Waals surface area (Å²) in [6.45, 7) is 5.86. The predicted octanol–water partition coefficient (Wildman–Crippen LogP) is 2.44. The van der Waals surface area contributed by atoms with E-state index in [1.807, 2.05) is 26.8 Å². The van der Waals surface area contributed by atoms with Crippen molar-refractivity contribution in [2.75, 3.05) is 0 Å². The number of rotatable bonds is 3. The second-order valence-electron chi connectivity index (χ2n) is 4.79. The summed E-state index contributed by atoms with van der Waals surface area (Å²) in [6.07, 6.45) is 2.60. The average molecular weight is 278 g/mol. The third kappa shape index (κ3) is 2.42. The van der Waals surface area contributed by atoms with Gasteiger partial charge in [0.25, 0.3) is 11.5 Å². The number of pyridine rings is 1. The smallest absolute Gasteiger partial charge is 0.259 e. The van der Waals surface area contributed by atoms with Gasteiger partial charge < -0.3 is 9.88 Å². The van der Waals surface area contributed by atoms with Crippen LogP contribution in [0.5, 0.6) is 0 Å². The summed E-state index contributed by atoms with van der Waals surface area (Å²) in [4.78, 5) is 25.4. The van der Waals surface area contributed by atoms with Gasteiger partial charge in [-0.2, -0.15) is 0 Å². The van der Waals surface area contributed by atoms with Crippen LogP contribution in [-0.2, 0) is 7.05 Å². The molecule has 0 saturated carbocycles. The zero-order chi connectivity index (χ0) is 14.2. The van der Waals surface area contributed by atoms with Crippen molar-refractivity contribution in [2.24, 2.45) is 7.05 Å². The number of fused-ring (bicyclic) bond motifs is 1. The summed E-state index contributed by atoms with van der Waals surface area (Å²) < 4.78 is 2.38. The molecule has 2 aromatic heterocycles. The number of carbonyl (C=O) groups is 1. The number of amides is 1. The Morgan fingerprint density at radius 2 is 2.21 bits per heavy atom. The monoisotopic (exact) mass is 278 g/mol. The fraction of sp³-hybridized carbons (Fsp3) is 0.429. The van der Waals surface area contributed by atoms with Gasteiger partial charge in [-0.1, -0.05) is 6.92 Å². The van der Waals surface area contributed by atoms with E-state index in [-0.39, 0.29) is 17.5 Å². The van der Waals surface area contributed by atoms with Crippen molar-refractivity contribution < 1.29 is 4.79 Å². The van der Waals surface area contributed by atoms with E-state index in [0.717, 1.165) is 16.0 Å². The van der Waals surface area contributed by atoms with Gasteiger partial charge in [0.15, 0.2) is 0 Å². The topological polar surface area (TPSA) is 51.1 Å². The molecule has 2 aromatic rings. The first-order valence-corrected chi connectivity index (χ1v) is 7.17. The van der Waals surface area contributed by atoms with Crippen molar-refractivity contribution in [3.8, 4) is 0 Å². The third-order valence-electron chi connectivity index (χ3n) is 3.31. The normalized spacial score (nSPS) is 12.6. The first kappa shape index (κ1) is 13.8. The Balaban J connectivity index is 2.60. The molecule has 19 heavy (non-hydrogen) atoms. The molecule has 2 heterocycles. The molecule has 5 heteroatoms. The van der Waals surface area contributed by atoms with Gasteiger partial charge in [-0.3, -0.25) is 9.59 Å². The van der Waals surface area contributed by atoms with Crippen LogP contribution in [-0.4, -0.2) is 16.5 Å². The molecular weight excluding hydrogens is 260 g/mol. The first-order chi connectivity index (χ1) is 8.95. The van der Waals surface area contributed by atoms with Gasteiger partial charge in [-0.25, -0.2) is 0 Å². The molecule has 102 valence electrons. The highest BCUT2D eigenvalue weighted by atomic mass is 32.1. The van der Waals surface area contributed by atoms with Crippen molar-refractivity contribution >= 4 is 27.3 Å². The first-order valence-electron chi connectivity index (χ1n) is 6.35. The lowest BCUT2D eigenvalue weighted by atomic mass is 10.1. The molecule has 1 atom stereocenters. The average Bonchev–Trinajstić information content (AvgIpc) is 2.71. The number of nitrogens with zero attached hydrogens (tertiary/aromatic N) is 1. The van der Waals surface area contributed by atoms with E-state index >= 15 is 0 Å². The number of nitrogens with one attached hydrogen (secondary N) is 1. The van der Waals surface area contributed by atoms with Crippen LogP contribution in [0.1, 0.15) is 35.5 Å². The van der Waals surface area contributed by atoms with Crippen molar-refractivity contribution in [2.45, 2.75) is 33.2 Å². The van der Waals surface area contributed by atoms with Crippen LogP contribution in [0.3, 0.4) is 0 Å². The van der Waals surface area contributed by atoms with Gasteiger partial charge in [0.2, 0.25) is 0 Å². The molecule has 0 spiro atoms. The Hall–Kier alpha value is -1.62. The van der Waals surface area contributed by atoms with Crippen molar-refractivity contribution in [3.63, 3.8) is 0 Å². The van der Waals surface area contributed by atoms with Crippen LogP contribution in [0.4, 0.5) is 0 Å². The summed E-state index contributed by atoms with van der Waals surface area (Å²) >= 11 is 1.49. The maximum atomic E-state index is 12.3. The van der Waals surface area contributed by atoms with Gasteiger partial charge in [-0.05, 0) is 26.3 Å². The minimum atomic E-state index is -0.151. The fourth-order valence-corrected chi connectivity index (χ4v) is 3.04. The van der Waals surface area contributed by atoms with Gasteiger partial charge in [0.05, 0.1) is 10.9 Å². The quantitative estimate of drug-likeness (QED) is 0.937. The molecule has 0 aliphatic rings. The summed E-state index contributed by atoms with van der Waals surface area (Å²) in [5.41, 5.74) is 0.414. The molecule has 0 radical (unpaired) electrons. The highest BCUT2D eigenvalue weighted by molar-refractivity contribution is 7.19. The predicted molar refractivity (Wildman–Crippen MR) is 79.0 cm³/mol. The molecule has 1 amide bonds. The Morgan fingerprint density at radius 3 is 2.84 bits per heavy atom. The fourth-order valence-electron chi connectivity index (χ4n) is 1.99. The lowest BCUT2D eigenvalue weighted by Crippen LogP contribution is -2.33. The highest BCUT2D eigenvalue weighted by Crippen LogP contribution is 2.28. The summed E-state index contributed by atoms with van der Waals surface area (Å²) in [7, 11) is 1.70. The Bertz CT molecular complexity index is 685. The molecule has 0 aliphatic heterocycles. The molecular formula is C14H18N2O2S. The molecule has 2 rings (SSSR count). The van der Waals surface area contributed by atoms with Crippen LogP contribution < -0.4 is 10.9 Å². The minimum absolute atomic E-state index is 0.106. The molecule has 4 nitrogen and oxygen atoms in total. The zero-order valence-electron chi connectivity index (χ0n) is 11.6. The van der Waals surface area contributed by atoms with E-state index in [1.54, 1.807) is 13.2 Å². The number of thiophene rings is 1. The standard InChI is InChI=1S/C14H18N2O2S/c1-5-8(2)15-13(17)11-9(3)19-10-6-7-16(4)14(18)12(10)11/h6-8H,5H2,1-4H3,(H,15,17). The van der Waals surface area contributed by atoms with Gasteiger partial charge >= 0.3 is 0 Å². The van der Waals surface area contributed by atoms with Crippen molar-refractivity contribution in [1.82, 2.24) is 9.88 Å². The Morgan fingerprint density at radius 1 is 1.53 bits per heavy atom. The molecule has 0 fully saturated rings. The lowest BCUT2D eigenvalue weighted by molar-refractivity contribution is 0.0940. The number of aryl methyl sites for hydroxylation is 2.